The summed E-state index contributed by atoms with van der Waals surface area (Å²) in [4.78, 5) is 38.1. The van der Waals surface area contributed by atoms with E-state index in [9.17, 15) is 27.6 Å². The summed E-state index contributed by atoms with van der Waals surface area (Å²) < 4.78 is 65.8. The van der Waals surface area contributed by atoms with E-state index in [-0.39, 0.29) is 45.4 Å². The van der Waals surface area contributed by atoms with Crippen molar-refractivity contribution < 1.29 is 51.2 Å². The first-order valence-electron chi connectivity index (χ1n) is 13.6. The van der Waals surface area contributed by atoms with Gasteiger partial charge in [-0.3, -0.25) is 9.59 Å². The van der Waals surface area contributed by atoms with Gasteiger partial charge in [0, 0.05) is 16.8 Å². The first kappa shape index (κ1) is 33.8. The Kier molecular flexibility index (Phi) is 10.7. The quantitative estimate of drug-likeness (QED) is 0.0877. The number of alkyl halides is 3. The van der Waals surface area contributed by atoms with Gasteiger partial charge in [-0.1, -0.05) is 12.1 Å². The fourth-order valence-corrected chi connectivity index (χ4v) is 4.21. The Balaban J connectivity index is 1.41. The van der Waals surface area contributed by atoms with E-state index in [1.807, 2.05) is 0 Å². The molecule has 0 saturated carbocycles. The number of rotatable bonds is 11. The van der Waals surface area contributed by atoms with Gasteiger partial charge < -0.3 is 29.0 Å². The second-order valence-electron chi connectivity index (χ2n) is 9.53. The van der Waals surface area contributed by atoms with E-state index in [1.165, 1.54) is 89.3 Å². The summed E-state index contributed by atoms with van der Waals surface area (Å²) in [7, 11) is 5.66. The summed E-state index contributed by atoms with van der Waals surface area (Å²) in [6.45, 7) is 0. The topological polar surface area (TPSA) is 134 Å². The second kappa shape index (κ2) is 14.8. The highest BCUT2D eigenvalue weighted by atomic mass is 19.4. The molecule has 0 spiro atoms. The maximum absolute atomic E-state index is 13.0. The maximum Gasteiger partial charge on any atom is 0.416 e. The number of benzene rings is 4. The molecule has 244 valence electrons. The van der Waals surface area contributed by atoms with E-state index in [4.69, 9.17) is 23.7 Å². The van der Waals surface area contributed by atoms with Crippen molar-refractivity contribution in [2.75, 3.05) is 33.8 Å². The van der Waals surface area contributed by atoms with Crippen LogP contribution in [-0.4, -0.2) is 52.4 Å². The van der Waals surface area contributed by atoms with Crippen LogP contribution in [0, 0.1) is 0 Å². The van der Waals surface area contributed by atoms with E-state index < -0.39 is 29.5 Å². The van der Waals surface area contributed by atoms with Gasteiger partial charge in [-0.25, -0.2) is 10.2 Å². The molecule has 4 rings (SSSR count). The normalized spacial score (nSPS) is 11.0. The number of hydrazone groups is 1. The molecule has 2 N–H and O–H groups in total. The molecule has 0 atom stereocenters. The van der Waals surface area contributed by atoms with Crippen LogP contribution < -0.4 is 34.4 Å². The standard InChI is InChI=1S/C33H28F3N3O8/c1-43-26-13-19(11-12-25(26)47-32(42)22-16-27(44-2)29(46-4)28(17-22)45-3)18-37-39-31(41)21-8-6-10-24(15-21)38-30(40)20-7-5-9-23(14-20)33(34,35)36/h5-18H,1-4H3,(H,38,40)(H,39,41). The smallest absolute Gasteiger partial charge is 0.416 e. The van der Waals surface area contributed by atoms with E-state index in [2.05, 4.69) is 15.8 Å². The van der Waals surface area contributed by atoms with Crippen LogP contribution in [0.4, 0.5) is 18.9 Å². The predicted molar refractivity (Wildman–Crippen MR) is 165 cm³/mol. The lowest BCUT2D eigenvalue weighted by molar-refractivity contribution is -0.137. The largest absolute Gasteiger partial charge is 0.493 e. The molecule has 0 unspecified atom stereocenters. The number of carbonyl (C=O) groups is 3. The van der Waals surface area contributed by atoms with Crippen molar-refractivity contribution >= 4 is 29.7 Å². The summed E-state index contributed by atoms with van der Waals surface area (Å²) >= 11 is 0. The molecule has 47 heavy (non-hydrogen) atoms. The molecule has 0 aromatic heterocycles. The van der Waals surface area contributed by atoms with E-state index in [1.54, 1.807) is 6.07 Å². The maximum atomic E-state index is 13.0. The zero-order chi connectivity index (χ0) is 34.1. The Hall–Kier alpha value is -6.05. The van der Waals surface area contributed by atoms with Crippen molar-refractivity contribution in [3.05, 3.63) is 107 Å². The van der Waals surface area contributed by atoms with Crippen LogP contribution in [0.25, 0.3) is 0 Å². The average molecular weight is 652 g/mol. The second-order valence-corrected chi connectivity index (χ2v) is 9.53. The fourth-order valence-electron chi connectivity index (χ4n) is 4.21. The highest BCUT2D eigenvalue weighted by Gasteiger charge is 2.31. The highest BCUT2D eigenvalue weighted by molar-refractivity contribution is 6.05. The molecule has 14 heteroatoms. The molecule has 0 bridgehead atoms. The third-order valence-corrected chi connectivity index (χ3v) is 6.51. The van der Waals surface area contributed by atoms with Crippen molar-refractivity contribution in [2.24, 2.45) is 5.10 Å². The lowest BCUT2D eigenvalue weighted by Crippen LogP contribution is -2.18. The number of halogens is 3. The molecule has 0 fully saturated rings. The van der Waals surface area contributed by atoms with Gasteiger partial charge in [-0.05, 0) is 72.3 Å². The molecule has 0 aliphatic rings. The number of hydrogen-bond donors (Lipinski definition) is 2. The van der Waals surface area contributed by atoms with Crippen LogP contribution in [0.1, 0.15) is 42.2 Å². The van der Waals surface area contributed by atoms with E-state index in [0.717, 1.165) is 18.2 Å². The van der Waals surface area contributed by atoms with Gasteiger partial charge in [0.25, 0.3) is 11.8 Å². The first-order valence-corrected chi connectivity index (χ1v) is 13.6. The summed E-state index contributed by atoms with van der Waals surface area (Å²) in [6, 6.07) is 17.2. The van der Waals surface area contributed by atoms with Crippen LogP contribution >= 0.6 is 0 Å². The molecule has 0 aliphatic carbocycles. The van der Waals surface area contributed by atoms with Gasteiger partial charge in [0.1, 0.15) is 0 Å². The number of methoxy groups -OCH3 is 4. The molecule has 0 radical (unpaired) electrons. The molecule has 11 nitrogen and oxygen atoms in total. The van der Waals surface area contributed by atoms with Crippen molar-refractivity contribution in [3.8, 4) is 28.7 Å². The average Bonchev–Trinajstić information content (AvgIpc) is 3.07. The highest BCUT2D eigenvalue weighted by Crippen LogP contribution is 2.39. The fraction of sp³-hybridized carbons (Fsp3) is 0.152. The van der Waals surface area contributed by atoms with Crippen molar-refractivity contribution in [1.29, 1.82) is 0 Å². The Labute approximate surface area is 266 Å². The van der Waals surface area contributed by atoms with Crippen LogP contribution in [0.3, 0.4) is 0 Å². The van der Waals surface area contributed by atoms with Crippen molar-refractivity contribution in [2.45, 2.75) is 6.18 Å². The predicted octanol–water partition coefficient (Wildman–Crippen LogP) is 5.98. The minimum Gasteiger partial charge on any atom is -0.493 e. The zero-order valence-corrected chi connectivity index (χ0v) is 25.4. The Morgan fingerprint density at radius 3 is 1.94 bits per heavy atom. The number of esters is 1. The zero-order valence-electron chi connectivity index (χ0n) is 25.4. The Morgan fingerprint density at radius 2 is 1.32 bits per heavy atom. The number of nitrogens with one attached hydrogen (secondary N) is 2. The SMILES string of the molecule is COc1cc(C=NNC(=O)c2cccc(NC(=O)c3cccc(C(F)(F)F)c3)c2)ccc1OC(=O)c1cc(OC)c(OC)c(OC)c1. The van der Waals surface area contributed by atoms with Gasteiger partial charge in [0.2, 0.25) is 5.75 Å². The number of nitrogens with zero attached hydrogens (tertiary/aromatic N) is 1. The van der Waals surface area contributed by atoms with Crippen molar-refractivity contribution in [1.82, 2.24) is 5.43 Å². The lowest BCUT2D eigenvalue weighted by Gasteiger charge is -2.14. The van der Waals surface area contributed by atoms with E-state index >= 15 is 0 Å². The Morgan fingerprint density at radius 1 is 0.681 bits per heavy atom. The van der Waals surface area contributed by atoms with Crippen LogP contribution in [-0.2, 0) is 6.18 Å². The summed E-state index contributed by atoms with van der Waals surface area (Å²) in [5.74, 6) is -0.964. The molecule has 0 saturated heterocycles. The van der Waals surface area contributed by atoms with E-state index in [0.29, 0.717) is 11.3 Å². The lowest BCUT2D eigenvalue weighted by atomic mass is 10.1. The number of amides is 2. The minimum absolute atomic E-state index is 0.108. The third-order valence-electron chi connectivity index (χ3n) is 6.51. The molecule has 0 aliphatic heterocycles. The molecular weight excluding hydrogens is 623 g/mol. The molecule has 4 aromatic carbocycles. The Bertz CT molecular complexity index is 1800. The monoisotopic (exact) mass is 651 g/mol. The van der Waals surface area contributed by atoms with Crippen LogP contribution in [0.5, 0.6) is 28.7 Å². The molecule has 4 aromatic rings. The number of hydrogen-bond acceptors (Lipinski definition) is 9. The van der Waals surface area contributed by atoms with Gasteiger partial charge >= 0.3 is 12.1 Å². The van der Waals surface area contributed by atoms with Gasteiger partial charge in [-0.15, -0.1) is 0 Å². The number of ether oxygens (including phenoxy) is 5. The summed E-state index contributed by atoms with van der Waals surface area (Å²) in [6.07, 6.45) is -3.28. The van der Waals surface area contributed by atoms with Crippen LogP contribution in [0.15, 0.2) is 84.0 Å². The third kappa shape index (κ3) is 8.36. The van der Waals surface area contributed by atoms with Gasteiger partial charge in [-0.2, -0.15) is 18.3 Å². The van der Waals surface area contributed by atoms with Crippen molar-refractivity contribution in [3.63, 3.8) is 0 Å². The van der Waals surface area contributed by atoms with Gasteiger partial charge in [0.15, 0.2) is 23.0 Å². The molecular formula is C33H28F3N3O8. The summed E-state index contributed by atoms with van der Waals surface area (Å²) in [5.41, 5.74) is 2.12. The molecule has 0 heterocycles. The van der Waals surface area contributed by atoms with Crippen LogP contribution in [0.2, 0.25) is 0 Å². The number of carbonyl (C=O) groups excluding carboxylic acids is 3. The number of anilines is 1. The molecule has 2 amide bonds. The summed E-state index contributed by atoms with van der Waals surface area (Å²) in [5, 5.41) is 6.42. The minimum atomic E-state index is -4.60. The van der Waals surface area contributed by atoms with Gasteiger partial charge in [0.05, 0.1) is 45.8 Å². The first-order chi connectivity index (χ1) is 22.5.